The number of halogens is 3. The second kappa shape index (κ2) is 17.3. The van der Waals surface area contributed by atoms with Crippen LogP contribution < -0.4 is 10.1 Å². The highest BCUT2D eigenvalue weighted by molar-refractivity contribution is 6.12. The van der Waals surface area contributed by atoms with E-state index >= 15 is 0 Å². The third kappa shape index (κ3) is 9.83. The lowest BCUT2D eigenvalue weighted by molar-refractivity contribution is -0.142. The number of nitrogens with one attached hydrogen (secondary N) is 1. The molecule has 0 bridgehead atoms. The predicted molar refractivity (Wildman–Crippen MR) is 161 cm³/mol. The molecule has 0 fully saturated rings. The molecule has 1 aromatic carbocycles. The first-order valence-corrected chi connectivity index (χ1v) is 13.8. The largest absolute Gasteiger partial charge is 0.469 e. The van der Waals surface area contributed by atoms with Crippen molar-refractivity contribution in [2.75, 3.05) is 13.6 Å². The van der Waals surface area contributed by atoms with Gasteiger partial charge in [0, 0.05) is 44.2 Å². The maximum absolute atomic E-state index is 13.7. The zero-order chi connectivity index (χ0) is 31.0. The van der Waals surface area contributed by atoms with E-state index in [2.05, 4.69) is 25.4 Å². The van der Waals surface area contributed by atoms with Crippen LogP contribution in [0.1, 0.15) is 46.2 Å². The number of aliphatic imine (C=N–C) groups is 2. The Balaban J connectivity index is 0.00000148. The SMILES string of the molecule is CC.CC.CN=C(/C=C\CNC(=O)C1=CCCC(Oc2ccccc2)N=C1)n1nc(-c2cccnc2)cc1C(F)(F)F. The molecule has 0 saturated carbocycles. The highest BCUT2D eigenvalue weighted by Crippen LogP contribution is 2.32. The molecule has 0 radical (unpaired) electrons. The average molecular weight is 583 g/mol. The molecular weight excluding hydrogens is 545 g/mol. The maximum atomic E-state index is 13.7. The van der Waals surface area contributed by atoms with E-state index in [-0.39, 0.29) is 24.0 Å². The average Bonchev–Trinajstić information content (AvgIpc) is 3.35. The first kappa shape index (κ1) is 33.7. The second-order valence-electron chi connectivity index (χ2n) is 8.16. The molecular formula is C31H37F3N6O2. The van der Waals surface area contributed by atoms with Gasteiger partial charge in [-0.1, -0.05) is 58.0 Å². The van der Waals surface area contributed by atoms with Gasteiger partial charge < -0.3 is 10.1 Å². The Hall–Kier alpha value is -4.54. The summed E-state index contributed by atoms with van der Waals surface area (Å²) in [5.41, 5.74) is -0.0344. The number of alkyl halides is 3. The van der Waals surface area contributed by atoms with Gasteiger partial charge in [0.25, 0.3) is 5.91 Å². The van der Waals surface area contributed by atoms with E-state index in [1.807, 2.05) is 58.0 Å². The minimum absolute atomic E-state index is 0.0436. The highest BCUT2D eigenvalue weighted by Gasteiger charge is 2.37. The smallest absolute Gasteiger partial charge is 0.433 e. The van der Waals surface area contributed by atoms with Crippen LogP contribution in [-0.2, 0) is 11.0 Å². The molecule has 0 aliphatic carbocycles. The first-order valence-electron chi connectivity index (χ1n) is 13.8. The molecule has 3 aromatic rings. The number of pyridine rings is 1. The van der Waals surface area contributed by atoms with Crippen molar-refractivity contribution >= 4 is 18.0 Å². The standard InChI is InChI=1S/C27H25F3N6O2.2C2H6/c1-31-24(36-23(27(28,29)30)16-22(35-36)19-9-6-14-32-17-19)12-7-15-33-26(37)20-8-5-13-25(34-18-20)38-21-10-3-2-4-11-21;2*1-2/h2-4,6-12,14,16-18,25H,5,13,15H2,1H3,(H,33,37);2*1-2H3/b12-7-,31-24?;;. The summed E-state index contributed by atoms with van der Waals surface area (Å²) >= 11 is 0. The monoisotopic (exact) mass is 582 g/mol. The molecule has 8 nitrogen and oxygen atoms in total. The van der Waals surface area contributed by atoms with Gasteiger partial charge in [0.1, 0.15) is 11.6 Å². The lowest BCUT2D eigenvalue weighted by Gasteiger charge is -2.13. The van der Waals surface area contributed by atoms with Crippen LogP contribution in [0.2, 0.25) is 0 Å². The van der Waals surface area contributed by atoms with E-state index in [1.165, 1.54) is 37.8 Å². The molecule has 1 aliphatic heterocycles. The van der Waals surface area contributed by atoms with Crippen LogP contribution in [0, 0.1) is 0 Å². The van der Waals surface area contributed by atoms with Gasteiger partial charge in [-0.3, -0.25) is 14.8 Å². The van der Waals surface area contributed by atoms with Gasteiger partial charge in [0.05, 0.1) is 11.3 Å². The lowest BCUT2D eigenvalue weighted by Crippen LogP contribution is -2.26. The minimum Gasteiger partial charge on any atom is -0.469 e. The summed E-state index contributed by atoms with van der Waals surface area (Å²) in [6, 6.07) is 13.5. The molecule has 2 aromatic heterocycles. The van der Waals surface area contributed by atoms with E-state index in [4.69, 9.17) is 4.74 Å². The Labute approximate surface area is 244 Å². The predicted octanol–water partition coefficient (Wildman–Crippen LogP) is 6.76. The van der Waals surface area contributed by atoms with Crippen molar-refractivity contribution in [3.05, 3.63) is 90.4 Å². The van der Waals surface area contributed by atoms with Crippen LogP contribution in [0.4, 0.5) is 13.2 Å². The summed E-state index contributed by atoms with van der Waals surface area (Å²) in [4.78, 5) is 24.8. The molecule has 0 spiro atoms. The van der Waals surface area contributed by atoms with Gasteiger partial charge >= 0.3 is 6.18 Å². The molecule has 42 heavy (non-hydrogen) atoms. The topological polar surface area (TPSA) is 93.8 Å². The van der Waals surface area contributed by atoms with Gasteiger partial charge in [0.2, 0.25) is 0 Å². The number of ether oxygens (including phenoxy) is 1. The van der Waals surface area contributed by atoms with Crippen LogP contribution in [0.3, 0.4) is 0 Å². The van der Waals surface area contributed by atoms with Crippen molar-refractivity contribution in [3.8, 4) is 17.0 Å². The Morgan fingerprint density at radius 2 is 1.88 bits per heavy atom. The van der Waals surface area contributed by atoms with Crippen LogP contribution >= 0.6 is 0 Å². The molecule has 0 saturated heterocycles. The number of benzene rings is 1. The second-order valence-corrected chi connectivity index (χ2v) is 8.16. The summed E-state index contributed by atoms with van der Waals surface area (Å²) in [7, 11) is 1.37. The van der Waals surface area contributed by atoms with Crippen molar-refractivity contribution in [3.63, 3.8) is 0 Å². The van der Waals surface area contributed by atoms with Gasteiger partial charge in [0.15, 0.2) is 11.9 Å². The first-order chi connectivity index (χ1) is 20.3. The molecule has 1 unspecified atom stereocenters. The number of carbonyl (C=O) groups is 1. The fraction of sp³-hybridized carbons (Fsp3) is 0.323. The lowest BCUT2D eigenvalue weighted by atomic mass is 10.2. The van der Waals surface area contributed by atoms with Gasteiger partial charge in [-0.25, -0.2) is 9.67 Å². The van der Waals surface area contributed by atoms with Crippen LogP contribution in [0.5, 0.6) is 5.75 Å². The molecule has 3 heterocycles. The van der Waals surface area contributed by atoms with E-state index < -0.39 is 18.1 Å². The van der Waals surface area contributed by atoms with E-state index in [9.17, 15) is 18.0 Å². The number of carbonyl (C=O) groups excluding carboxylic acids is 1. The maximum Gasteiger partial charge on any atom is 0.433 e. The van der Waals surface area contributed by atoms with Crippen LogP contribution in [0.25, 0.3) is 11.3 Å². The van der Waals surface area contributed by atoms with Gasteiger partial charge in [-0.15, -0.1) is 0 Å². The van der Waals surface area contributed by atoms with Crippen molar-refractivity contribution in [1.29, 1.82) is 0 Å². The number of allylic oxidation sites excluding steroid dienone is 2. The van der Waals surface area contributed by atoms with E-state index in [0.29, 0.717) is 29.7 Å². The third-order valence-corrected chi connectivity index (χ3v) is 5.49. The Morgan fingerprint density at radius 1 is 1.14 bits per heavy atom. The molecule has 1 aliphatic rings. The number of rotatable bonds is 7. The molecule has 1 atom stereocenters. The Bertz CT molecular complexity index is 1360. The summed E-state index contributed by atoms with van der Waals surface area (Å²) < 4.78 is 47.7. The summed E-state index contributed by atoms with van der Waals surface area (Å²) in [6.45, 7) is 8.06. The fourth-order valence-corrected chi connectivity index (χ4v) is 3.64. The van der Waals surface area contributed by atoms with Gasteiger partial charge in [-0.05, 0) is 42.8 Å². The zero-order valence-corrected chi connectivity index (χ0v) is 24.5. The molecule has 1 N–H and O–H groups in total. The quantitative estimate of drug-likeness (QED) is 0.246. The van der Waals surface area contributed by atoms with Crippen molar-refractivity contribution < 1.29 is 22.7 Å². The fourth-order valence-electron chi connectivity index (χ4n) is 3.64. The minimum atomic E-state index is -4.65. The molecule has 224 valence electrons. The van der Waals surface area contributed by atoms with Crippen LogP contribution in [-0.4, -0.2) is 52.5 Å². The number of amides is 1. The van der Waals surface area contributed by atoms with Crippen LogP contribution in [0.15, 0.2) is 94.7 Å². The van der Waals surface area contributed by atoms with Crippen molar-refractivity contribution in [2.24, 2.45) is 9.98 Å². The number of aromatic nitrogens is 3. The molecule has 11 heteroatoms. The number of nitrogens with zero attached hydrogens (tertiary/aromatic N) is 5. The Kier molecular flexibility index (Phi) is 13.9. The molecule has 4 rings (SSSR count). The molecule has 1 amide bonds. The zero-order valence-electron chi connectivity index (χ0n) is 24.5. The van der Waals surface area contributed by atoms with E-state index in [0.717, 1.165) is 10.7 Å². The highest BCUT2D eigenvalue weighted by atomic mass is 19.4. The van der Waals surface area contributed by atoms with Crippen molar-refractivity contribution in [2.45, 2.75) is 52.9 Å². The third-order valence-electron chi connectivity index (χ3n) is 5.49. The summed E-state index contributed by atoms with van der Waals surface area (Å²) in [6.07, 6.45) is 5.22. The number of hydrogen-bond donors (Lipinski definition) is 1. The summed E-state index contributed by atoms with van der Waals surface area (Å²) in [5.74, 6) is 0.292. The number of hydrogen-bond acceptors (Lipinski definition) is 6. The Morgan fingerprint density at radius 3 is 2.52 bits per heavy atom. The number of para-hydroxylation sites is 1. The van der Waals surface area contributed by atoms with Gasteiger partial charge in [-0.2, -0.15) is 18.3 Å². The van der Waals surface area contributed by atoms with E-state index in [1.54, 1.807) is 18.2 Å². The summed E-state index contributed by atoms with van der Waals surface area (Å²) in [5, 5.41) is 6.81. The normalized spacial score (nSPS) is 15.0. The van der Waals surface area contributed by atoms with Crippen molar-refractivity contribution in [1.82, 2.24) is 20.1 Å².